The quantitative estimate of drug-likeness (QED) is 0.0348. The van der Waals surface area contributed by atoms with Crippen LogP contribution in [0.15, 0.2) is 65.2 Å². The third-order valence-electron chi connectivity index (χ3n) is 10.0. The van der Waals surface area contributed by atoms with Gasteiger partial charge in [-0.05, 0) is 62.8 Å². The van der Waals surface area contributed by atoms with E-state index >= 15 is 0 Å². The van der Waals surface area contributed by atoms with Gasteiger partial charge < -0.3 is 45.0 Å². The fourth-order valence-electron chi connectivity index (χ4n) is 6.37. The van der Waals surface area contributed by atoms with Crippen molar-refractivity contribution >= 4 is 41.3 Å². The molecule has 1 fully saturated rings. The zero-order valence-electron chi connectivity index (χ0n) is 37.1. The fourth-order valence-corrected chi connectivity index (χ4v) is 6.64. The fraction of sp³-hybridized carbons (Fsp3) is 0.535. The molecule has 22 heteroatoms. The molecule has 2 aliphatic heterocycles. The van der Waals surface area contributed by atoms with Crippen LogP contribution in [0.1, 0.15) is 75.7 Å². The van der Waals surface area contributed by atoms with Gasteiger partial charge in [0.1, 0.15) is 29.4 Å². The van der Waals surface area contributed by atoms with Crippen LogP contribution in [-0.2, 0) is 51.2 Å². The molecule has 0 saturated carbocycles. The summed E-state index contributed by atoms with van der Waals surface area (Å²) < 4.78 is 43.3. The number of pyridine rings is 1. The average Bonchev–Trinajstić information content (AvgIpc) is 3.87. The SMILES string of the molecule is COC(=O)C1=C(COCc2cn(CCOCCOCCNC(=O)[C@H](CCCCNC(=O)CCC3(C)NN3)NC(=O)OCC(C)C)nn2)NC(c2ccncc2)=NC1c1ccc(F)cc1Cl. The van der Waals surface area contributed by atoms with Crippen molar-refractivity contribution in [3.63, 3.8) is 0 Å². The molecule has 65 heavy (non-hydrogen) atoms. The number of aromatic nitrogens is 4. The second-order valence-corrected chi connectivity index (χ2v) is 16.3. The number of methoxy groups -OCH3 is 1. The lowest BCUT2D eigenvalue weighted by Gasteiger charge is -2.28. The number of hydrazine groups is 1. The van der Waals surface area contributed by atoms with E-state index < -0.39 is 30.0 Å². The first-order valence-corrected chi connectivity index (χ1v) is 21.9. The number of carbonyl (C=O) groups is 4. The number of aliphatic imine (C=N–C) groups is 1. The number of rotatable bonds is 28. The maximum absolute atomic E-state index is 14.0. The second-order valence-electron chi connectivity index (χ2n) is 15.9. The van der Waals surface area contributed by atoms with Gasteiger partial charge in [-0.15, -0.1) is 5.10 Å². The molecular weight excluding hydrogens is 869 g/mol. The highest BCUT2D eigenvalue weighted by Gasteiger charge is 2.36. The Morgan fingerprint density at radius 1 is 0.969 bits per heavy atom. The number of amidine groups is 1. The number of esters is 1. The molecule has 3 amide bonds. The van der Waals surface area contributed by atoms with E-state index in [1.54, 1.807) is 35.4 Å². The molecule has 0 bridgehead atoms. The maximum Gasteiger partial charge on any atom is 0.407 e. The molecule has 2 aliphatic rings. The summed E-state index contributed by atoms with van der Waals surface area (Å²) in [7, 11) is 1.26. The smallest absolute Gasteiger partial charge is 0.407 e. The van der Waals surface area contributed by atoms with Crippen molar-refractivity contribution in [2.45, 2.75) is 83.8 Å². The Balaban J connectivity index is 0.996. The third-order valence-corrected chi connectivity index (χ3v) is 10.3. The summed E-state index contributed by atoms with van der Waals surface area (Å²) in [5.41, 5.74) is 8.01. The van der Waals surface area contributed by atoms with E-state index in [0.717, 1.165) is 6.07 Å². The first-order chi connectivity index (χ1) is 31.3. The maximum atomic E-state index is 14.0. The van der Waals surface area contributed by atoms with E-state index in [1.165, 1.54) is 19.2 Å². The first-order valence-electron chi connectivity index (χ1n) is 21.5. The lowest BCUT2D eigenvalue weighted by atomic mass is 9.95. The van der Waals surface area contributed by atoms with Gasteiger partial charge >= 0.3 is 12.1 Å². The number of alkyl carbamates (subject to hydrolysis) is 1. The van der Waals surface area contributed by atoms with Gasteiger partial charge in [0.25, 0.3) is 0 Å². The molecule has 0 spiro atoms. The summed E-state index contributed by atoms with van der Waals surface area (Å²) in [6, 6.07) is 5.67. The standard InChI is InChI=1S/C43H59ClFN11O9/c1-28(2)25-65-42(60)50-34(7-5-6-14-47-36(57)10-13-43(3)53-54-43)40(58)48-17-19-62-21-22-63-20-18-56-24-31(52-55-56)26-64-27-35-37(41(59)61-4)38(32-9-8-30(45)23-33(32)44)51-39(49-35)29-11-15-46-16-12-29/h8-9,11-12,15-16,23-24,28,34,38,53-54H,5-7,10,13-14,17-22,25-27H2,1-4H3,(H,47,57)(H,48,58)(H,49,51)(H,50,60)/t34-,38?/m0/s1. The first kappa shape index (κ1) is 50.4. The molecule has 0 radical (unpaired) electrons. The summed E-state index contributed by atoms with van der Waals surface area (Å²) >= 11 is 6.45. The molecule has 0 aliphatic carbocycles. The van der Waals surface area contributed by atoms with Crippen molar-refractivity contribution in [3.8, 4) is 0 Å². The Hall–Kier alpha value is -5.58. The molecule has 20 nitrogen and oxygen atoms in total. The summed E-state index contributed by atoms with van der Waals surface area (Å²) in [5.74, 6) is -1.01. The minimum absolute atomic E-state index is 0.0364. The van der Waals surface area contributed by atoms with Crippen LogP contribution in [0, 0.1) is 11.7 Å². The molecule has 3 aromatic rings. The minimum Gasteiger partial charge on any atom is -0.466 e. The molecule has 2 atom stereocenters. The van der Waals surface area contributed by atoms with Crippen molar-refractivity contribution in [3.05, 3.63) is 87.9 Å². The van der Waals surface area contributed by atoms with Gasteiger partial charge in [-0.2, -0.15) is 0 Å². The van der Waals surface area contributed by atoms with Crippen LogP contribution in [0.2, 0.25) is 5.02 Å². The van der Waals surface area contributed by atoms with Crippen LogP contribution >= 0.6 is 11.6 Å². The molecule has 1 aromatic carbocycles. The number of benzene rings is 1. The predicted octanol–water partition coefficient (Wildman–Crippen LogP) is 2.99. The van der Waals surface area contributed by atoms with E-state index in [1.807, 2.05) is 20.8 Å². The van der Waals surface area contributed by atoms with Gasteiger partial charge in [0.05, 0.1) is 83.0 Å². The highest BCUT2D eigenvalue weighted by molar-refractivity contribution is 6.31. The van der Waals surface area contributed by atoms with E-state index in [2.05, 4.69) is 47.4 Å². The predicted molar refractivity (Wildman–Crippen MR) is 235 cm³/mol. The van der Waals surface area contributed by atoms with Gasteiger partial charge in [0, 0.05) is 48.1 Å². The summed E-state index contributed by atoms with van der Waals surface area (Å²) in [5, 5.41) is 20.0. The van der Waals surface area contributed by atoms with Crippen molar-refractivity contribution in [2.75, 3.05) is 59.8 Å². The van der Waals surface area contributed by atoms with E-state index in [4.69, 9.17) is 40.3 Å². The van der Waals surface area contributed by atoms with Gasteiger partial charge in [0.2, 0.25) is 11.8 Å². The van der Waals surface area contributed by atoms with Gasteiger partial charge in [-0.3, -0.25) is 19.6 Å². The summed E-state index contributed by atoms with van der Waals surface area (Å²) in [6.07, 6.45) is 6.96. The Kier molecular flexibility index (Phi) is 20.0. The Morgan fingerprint density at radius 2 is 1.74 bits per heavy atom. The number of carbonyl (C=O) groups excluding carboxylic acids is 4. The third kappa shape index (κ3) is 17.1. The molecule has 354 valence electrons. The normalized spacial score (nSPS) is 15.7. The Labute approximate surface area is 382 Å². The summed E-state index contributed by atoms with van der Waals surface area (Å²) in [6.45, 7) is 8.29. The zero-order chi connectivity index (χ0) is 46.6. The molecule has 5 rings (SSSR count). The Morgan fingerprint density at radius 3 is 2.46 bits per heavy atom. The monoisotopic (exact) mass is 927 g/mol. The van der Waals surface area contributed by atoms with Crippen molar-refractivity contribution in [1.82, 2.24) is 52.1 Å². The zero-order valence-corrected chi connectivity index (χ0v) is 37.9. The van der Waals surface area contributed by atoms with E-state index in [9.17, 15) is 23.6 Å². The molecule has 6 N–H and O–H groups in total. The molecular formula is C43H59ClFN11O9. The number of halogens is 2. The summed E-state index contributed by atoms with van der Waals surface area (Å²) in [4.78, 5) is 59.5. The number of nitrogens with one attached hydrogen (secondary N) is 6. The number of hydrogen-bond donors (Lipinski definition) is 6. The van der Waals surface area contributed by atoms with Crippen LogP contribution in [0.3, 0.4) is 0 Å². The van der Waals surface area contributed by atoms with Crippen molar-refractivity contribution in [2.24, 2.45) is 10.9 Å². The van der Waals surface area contributed by atoms with E-state index in [0.29, 0.717) is 86.8 Å². The number of amides is 3. The van der Waals surface area contributed by atoms with Crippen molar-refractivity contribution < 1.29 is 47.3 Å². The van der Waals surface area contributed by atoms with Crippen LogP contribution in [-0.4, -0.2) is 121 Å². The largest absolute Gasteiger partial charge is 0.466 e. The highest BCUT2D eigenvalue weighted by Crippen LogP contribution is 2.36. The van der Waals surface area contributed by atoms with Crippen LogP contribution in [0.4, 0.5) is 9.18 Å². The number of nitrogens with zero attached hydrogens (tertiary/aromatic N) is 5. The van der Waals surface area contributed by atoms with Crippen LogP contribution in [0.25, 0.3) is 0 Å². The molecule has 4 heterocycles. The second kappa shape index (κ2) is 25.8. The molecule has 1 unspecified atom stereocenters. The van der Waals surface area contributed by atoms with Crippen LogP contribution in [0.5, 0.6) is 0 Å². The van der Waals surface area contributed by atoms with Crippen LogP contribution < -0.4 is 32.1 Å². The molecule has 2 aromatic heterocycles. The van der Waals surface area contributed by atoms with Gasteiger partial charge in [-0.25, -0.2) is 29.5 Å². The number of hydrogen-bond acceptors (Lipinski definition) is 16. The van der Waals surface area contributed by atoms with Gasteiger partial charge in [0.15, 0.2) is 0 Å². The van der Waals surface area contributed by atoms with E-state index in [-0.39, 0.29) is 73.6 Å². The van der Waals surface area contributed by atoms with Crippen molar-refractivity contribution in [1.29, 1.82) is 0 Å². The topological polar surface area (TPSA) is 262 Å². The number of unbranched alkanes of at least 4 members (excludes halogenated alkanes) is 1. The highest BCUT2D eigenvalue weighted by atomic mass is 35.5. The minimum atomic E-state index is -0.921. The number of ether oxygens (including phenoxy) is 5. The lowest BCUT2D eigenvalue weighted by Crippen LogP contribution is -2.47. The Bertz CT molecular complexity index is 2100. The molecule has 1 saturated heterocycles. The van der Waals surface area contributed by atoms with Gasteiger partial charge in [-0.1, -0.05) is 36.7 Å². The lowest BCUT2D eigenvalue weighted by molar-refractivity contribution is -0.136. The average molecular weight is 928 g/mol.